The standard InChI is InChI=1S/C11H16N2O4S/c1-8(12-2)6-13-18(14,15)9-3-4-10-11(5-9)17-7-16-10/h3-5,8,12-13H,6-7H2,1-2H3. The van der Waals surface area contributed by atoms with E-state index in [0.29, 0.717) is 18.0 Å². The number of hydrogen-bond acceptors (Lipinski definition) is 5. The molecule has 1 unspecified atom stereocenters. The van der Waals surface area contributed by atoms with Gasteiger partial charge in [0.15, 0.2) is 11.5 Å². The van der Waals surface area contributed by atoms with Gasteiger partial charge < -0.3 is 14.8 Å². The Morgan fingerprint density at radius 1 is 1.33 bits per heavy atom. The molecular weight excluding hydrogens is 256 g/mol. The summed E-state index contributed by atoms with van der Waals surface area (Å²) in [4.78, 5) is 0.176. The van der Waals surface area contributed by atoms with E-state index in [4.69, 9.17) is 9.47 Å². The van der Waals surface area contributed by atoms with Crippen LogP contribution >= 0.6 is 0 Å². The predicted molar refractivity (Wildman–Crippen MR) is 66.3 cm³/mol. The SMILES string of the molecule is CNC(C)CNS(=O)(=O)c1ccc2c(c1)OCO2. The molecule has 2 N–H and O–H groups in total. The molecule has 1 atom stereocenters. The van der Waals surface area contributed by atoms with Crippen LogP contribution in [0.25, 0.3) is 0 Å². The molecule has 1 aliphatic rings. The van der Waals surface area contributed by atoms with Crippen LogP contribution in [0.1, 0.15) is 6.92 Å². The molecule has 0 amide bonds. The van der Waals surface area contributed by atoms with Gasteiger partial charge in [0, 0.05) is 18.7 Å². The lowest BCUT2D eigenvalue weighted by Gasteiger charge is -2.12. The molecule has 6 nitrogen and oxygen atoms in total. The van der Waals surface area contributed by atoms with Gasteiger partial charge in [-0.05, 0) is 26.1 Å². The molecule has 0 radical (unpaired) electrons. The molecule has 2 rings (SSSR count). The average Bonchev–Trinajstić information content (AvgIpc) is 2.83. The van der Waals surface area contributed by atoms with Crippen LogP contribution in [-0.4, -0.2) is 34.8 Å². The first-order valence-electron chi connectivity index (χ1n) is 5.59. The second kappa shape index (κ2) is 5.13. The Bertz CT molecular complexity index is 530. The van der Waals surface area contributed by atoms with Crippen LogP contribution in [0.3, 0.4) is 0 Å². The van der Waals surface area contributed by atoms with Gasteiger partial charge in [0.2, 0.25) is 16.8 Å². The van der Waals surface area contributed by atoms with Gasteiger partial charge in [0.25, 0.3) is 0 Å². The number of nitrogens with one attached hydrogen (secondary N) is 2. The molecule has 18 heavy (non-hydrogen) atoms. The molecule has 0 bridgehead atoms. The summed E-state index contributed by atoms with van der Waals surface area (Å²) in [5, 5.41) is 2.96. The van der Waals surface area contributed by atoms with Crippen molar-refractivity contribution in [1.29, 1.82) is 0 Å². The first kappa shape index (κ1) is 13.1. The lowest BCUT2D eigenvalue weighted by molar-refractivity contribution is 0.174. The monoisotopic (exact) mass is 272 g/mol. The Hall–Kier alpha value is -1.31. The van der Waals surface area contributed by atoms with E-state index in [1.165, 1.54) is 12.1 Å². The summed E-state index contributed by atoms with van der Waals surface area (Å²) < 4.78 is 36.9. The lowest BCUT2D eigenvalue weighted by atomic mass is 10.3. The molecule has 1 aromatic carbocycles. The summed E-state index contributed by atoms with van der Waals surface area (Å²) >= 11 is 0. The number of rotatable bonds is 5. The normalized spacial score (nSPS) is 15.7. The Kier molecular flexibility index (Phi) is 3.74. The maximum absolute atomic E-state index is 12.0. The van der Waals surface area contributed by atoms with Gasteiger partial charge in [0.05, 0.1) is 4.90 Å². The molecule has 0 saturated heterocycles. The van der Waals surface area contributed by atoms with Crippen molar-refractivity contribution < 1.29 is 17.9 Å². The molecule has 0 aliphatic carbocycles. The summed E-state index contributed by atoms with van der Waals surface area (Å²) in [7, 11) is -1.74. The number of fused-ring (bicyclic) bond motifs is 1. The van der Waals surface area contributed by atoms with Crippen molar-refractivity contribution >= 4 is 10.0 Å². The van der Waals surface area contributed by atoms with E-state index < -0.39 is 10.0 Å². The quantitative estimate of drug-likeness (QED) is 0.806. The second-order valence-electron chi connectivity index (χ2n) is 4.06. The van der Waals surface area contributed by atoms with Crippen molar-refractivity contribution in [3.8, 4) is 11.5 Å². The smallest absolute Gasteiger partial charge is 0.240 e. The van der Waals surface area contributed by atoms with E-state index in [1.807, 2.05) is 6.92 Å². The van der Waals surface area contributed by atoms with Crippen LogP contribution in [0.4, 0.5) is 0 Å². The molecule has 1 aliphatic heterocycles. The van der Waals surface area contributed by atoms with Crippen molar-refractivity contribution in [3.05, 3.63) is 18.2 Å². The number of benzene rings is 1. The minimum Gasteiger partial charge on any atom is -0.454 e. The number of likely N-dealkylation sites (N-methyl/N-ethyl adjacent to an activating group) is 1. The highest BCUT2D eigenvalue weighted by molar-refractivity contribution is 7.89. The summed E-state index contributed by atoms with van der Waals surface area (Å²) in [6, 6.07) is 4.63. The van der Waals surface area contributed by atoms with Crippen LogP contribution < -0.4 is 19.5 Å². The fourth-order valence-corrected chi connectivity index (χ4v) is 2.61. The van der Waals surface area contributed by atoms with Gasteiger partial charge in [-0.1, -0.05) is 0 Å². The topological polar surface area (TPSA) is 76.7 Å². The zero-order chi connectivity index (χ0) is 13.2. The van der Waals surface area contributed by atoms with Crippen molar-refractivity contribution in [2.45, 2.75) is 17.9 Å². The predicted octanol–water partition coefficient (Wildman–Crippen LogP) is 0.301. The van der Waals surface area contributed by atoms with Crippen LogP contribution in [0.5, 0.6) is 11.5 Å². The van der Waals surface area contributed by atoms with Gasteiger partial charge in [-0.3, -0.25) is 0 Å². The van der Waals surface area contributed by atoms with E-state index in [2.05, 4.69) is 10.0 Å². The fraction of sp³-hybridized carbons (Fsp3) is 0.455. The number of sulfonamides is 1. The molecule has 1 heterocycles. The Balaban J connectivity index is 2.15. The summed E-state index contributed by atoms with van der Waals surface area (Å²) in [5.74, 6) is 1.03. The van der Waals surface area contributed by atoms with Crippen LogP contribution in [0.15, 0.2) is 23.1 Å². The number of ether oxygens (including phenoxy) is 2. The second-order valence-corrected chi connectivity index (χ2v) is 5.82. The first-order valence-corrected chi connectivity index (χ1v) is 7.08. The third-order valence-corrected chi connectivity index (χ3v) is 4.15. The van der Waals surface area contributed by atoms with Gasteiger partial charge in [-0.2, -0.15) is 0 Å². The molecule has 0 saturated carbocycles. The average molecular weight is 272 g/mol. The minimum absolute atomic E-state index is 0.0637. The van der Waals surface area contributed by atoms with Crippen LogP contribution in [0, 0.1) is 0 Å². The molecule has 100 valence electrons. The molecule has 0 aromatic heterocycles. The van der Waals surface area contributed by atoms with Crippen molar-refractivity contribution in [2.75, 3.05) is 20.4 Å². The van der Waals surface area contributed by atoms with Crippen LogP contribution in [0.2, 0.25) is 0 Å². The van der Waals surface area contributed by atoms with Crippen molar-refractivity contribution in [2.24, 2.45) is 0 Å². The Morgan fingerprint density at radius 3 is 2.78 bits per heavy atom. The molecule has 1 aromatic rings. The highest BCUT2D eigenvalue weighted by Gasteiger charge is 2.20. The zero-order valence-electron chi connectivity index (χ0n) is 10.3. The van der Waals surface area contributed by atoms with E-state index in [0.717, 1.165) is 0 Å². The van der Waals surface area contributed by atoms with Crippen molar-refractivity contribution in [1.82, 2.24) is 10.0 Å². The minimum atomic E-state index is -3.51. The highest BCUT2D eigenvalue weighted by atomic mass is 32.2. The maximum atomic E-state index is 12.0. The molecular formula is C11H16N2O4S. The fourth-order valence-electron chi connectivity index (χ4n) is 1.46. The lowest BCUT2D eigenvalue weighted by Crippen LogP contribution is -2.37. The van der Waals surface area contributed by atoms with Gasteiger partial charge in [-0.15, -0.1) is 0 Å². The molecule has 7 heteroatoms. The first-order chi connectivity index (χ1) is 8.53. The Labute approximate surface area is 106 Å². The molecule has 0 spiro atoms. The molecule has 0 fully saturated rings. The number of hydrogen-bond donors (Lipinski definition) is 2. The summed E-state index contributed by atoms with van der Waals surface area (Å²) in [5.41, 5.74) is 0. The summed E-state index contributed by atoms with van der Waals surface area (Å²) in [6.45, 7) is 2.35. The third kappa shape index (κ3) is 2.74. The highest BCUT2D eigenvalue weighted by Crippen LogP contribution is 2.33. The van der Waals surface area contributed by atoms with Gasteiger partial charge >= 0.3 is 0 Å². The largest absolute Gasteiger partial charge is 0.454 e. The van der Waals surface area contributed by atoms with E-state index in [9.17, 15) is 8.42 Å². The van der Waals surface area contributed by atoms with Crippen LogP contribution in [-0.2, 0) is 10.0 Å². The van der Waals surface area contributed by atoms with E-state index in [-0.39, 0.29) is 17.7 Å². The van der Waals surface area contributed by atoms with Gasteiger partial charge in [-0.25, -0.2) is 13.1 Å². The Morgan fingerprint density at radius 2 is 2.06 bits per heavy atom. The van der Waals surface area contributed by atoms with Crippen molar-refractivity contribution in [3.63, 3.8) is 0 Å². The van der Waals surface area contributed by atoms with E-state index >= 15 is 0 Å². The maximum Gasteiger partial charge on any atom is 0.240 e. The zero-order valence-corrected chi connectivity index (χ0v) is 11.1. The summed E-state index contributed by atoms with van der Waals surface area (Å²) in [6.07, 6.45) is 0. The van der Waals surface area contributed by atoms with E-state index in [1.54, 1.807) is 13.1 Å². The van der Waals surface area contributed by atoms with Gasteiger partial charge in [0.1, 0.15) is 0 Å². The third-order valence-electron chi connectivity index (χ3n) is 2.73.